The molecule has 4 nitrogen and oxygen atoms in total. The standard InChI is InChI=1S/C16H13N3OS2/c1-9-6-7-13(21-9)15-11(8-14(17)20)19-10-4-2-3-5-12(10)22-16(19)18-15/h2-7H,8H2,1H3,(H2,17,20). The first-order valence-corrected chi connectivity index (χ1v) is 8.51. The lowest BCUT2D eigenvalue weighted by Gasteiger charge is -2.01. The number of amides is 1. The van der Waals surface area contributed by atoms with Crippen molar-refractivity contribution >= 4 is 43.8 Å². The summed E-state index contributed by atoms with van der Waals surface area (Å²) in [4.78, 5) is 19.5. The fraction of sp³-hybridized carbons (Fsp3) is 0.125. The second-order valence-corrected chi connectivity index (χ2v) is 7.45. The van der Waals surface area contributed by atoms with Gasteiger partial charge in [0, 0.05) is 4.88 Å². The normalized spacial score (nSPS) is 11.5. The van der Waals surface area contributed by atoms with Crippen LogP contribution in [0.15, 0.2) is 36.4 Å². The number of hydrogen-bond acceptors (Lipinski definition) is 4. The number of carbonyl (C=O) groups excluding carboxylic acids is 1. The van der Waals surface area contributed by atoms with E-state index in [1.165, 1.54) is 4.88 Å². The Labute approximate surface area is 134 Å². The van der Waals surface area contributed by atoms with Crippen LogP contribution in [0, 0.1) is 6.92 Å². The number of thiazole rings is 1. The Morgan fingerprint density at radius 3 is 2.77 bits per heavy atom. The van der Waals surface area contributed by atoms with Gasteiger partial charge >= 0.3 is 0 Å². The van der Waals surface area contributed by atoms with Gasteiger partial charge in [0.15, 0.2) is 4.96 Å². The molecule has 0 saturated heterocycles. The van der Waals surface area contributed by atoms with Crippen LogP contribution in [-0.2, 0) is 11.2 Å². The molecule has 4 rings (SSSR count). The van der Waals surface area contributed by atoms with Crippen LogP contribution >= 0.6 is 22.7 Å². The molecule has 3 heterocycles. The first-order chi connectivity index (χ1) is 10.6. The number of rotatable bonds is 3. The van der Waals surface area contributed by atoms with E-state index in [1.54, 1.807) is 22.7 Å². The van der Waals surface area contributed by atoms with Crippen molar-refractivity contribution in [3.8, 4) is 10.6 Å². The summed E-state index contributed by atoms with van der Waals surface area (Å²) in [6.07, 6.45) is 0.189. The van der Waals surface area contributed by atoms with Crippen molar-refractivity contribution in [1.82, 2.24) is 9.38 Å². The largest absolute Gasteiger partial charge is 0.369 e. The highest BCUT2D eigenvalue weighted by Gasteiger charge is 2.20. The van der Waals surface area contributed by atoms with Crippen molar-refractivity contribution in [2.24, 2.45) is 5.73 Å². The molecule has 22 heavy (non-hydrogen) atoms. The summed E-state index contributed by atoms with van der Waals surface area (Å²) >= 11 is 3.31. The molecule has 0 unspecified atom stereocenters. The number of para-hydroxylation sites is 1. The van der Waals surface area contributed by atoms with E-state index in [9.17, 15) is 4.79 Å². The van der Waals surface area contributed by atoms with Gasteiger partial charge in [0.25, 0.3) is 0 Å². The van der Waals surface area contributed by atoms with Gasteiger partial charge < -0.3 is 5.73 Å². The molecule has 110 valence electrons. The van der Waals surface area contributed by atoms with E-state index >= 15 is 0 Å². The second kappa shape index (κ2) is 4.93. The molecule has 1 aromatic carbocycles. The predicted octanol–water partition coefficient (Wildman–Crippen LogP) is 3.61. The Kier molecular flexibility index (Phi) is 3.02. The highest BCUT2D eigenvalue weighted by molar-refractivity contribution is 7.23. The highest BCUT2D eigenvalue weighted by Crippen LogP contribution is 2.35. The topological polar surface area (TPSA) is 60.4 Å². The van der Waals surface area contributed by atoms with Gasteiger partial charge in [-0.3, -0.25) is 9.20 Å². The van der Waals surface area contributed by atoms with Crippen molar-refractivity contribution in [2.75, 3.05) is 0 Å². The Bertz CT molecular complexity index is 1010. The zero-order valence-electron chi connectivity index (χ0n) is 11.9. The Morgan fingerprint density at radius 2 is 2.05 bits per heavy atom. The Balaban J connectivity index is 2.06. The molecule has 2 N–H and O–H groups in total. The predicted molar refractivity (Wildman–Crippen MR) is 91.5 cm³/mol. The van der Waals surface area contributed by atoms with E-state index in [0.29, 0.717) is 0 Å². The van der Waals surface area contributed by atoms with Crippen LogP contribution in [0.3, 0.4) is 0 Å². The third-order valence-corrected chi connectivity index (χ3v) is 5.59. The van der Waals surface area contributed by atoms with Gasteiger partial charge in [0.1, 0.15) is 5.69 Å². The van der Waals surface area contributed by atoms with Crippen LogP contribution in [0.5, 0.6) is 0 Å². The minimum atomic E-state index is -0.341. The first-order valence-electron chi connectivity index (χ1n) is 6.87. The average Bonchev–Trinajstić information content (AvgIpc) is 3.13. The number of primary amides is 1. The summed E-state index contributed by atoms with van der Waals surface area (Å²) in [5, 5.41) is 0. The molecule has 6 heteroatoms. The summed E-state index contributed by atoms with van der Waals surface area (Å²) in [6, 6.07) is 12.2. The number of nitrogens with two attached hydrogens (primary N) is 1. The number of aryl methyl sites for hydroxylation is 1. The molecule has 0 bridgehead atoms. The van der Waals surface area contributed by atoms with Crippen molar-refractivity contribution in [2.45, 2.75) is 13.3 Å². The summed E-state index contributed by atoms with van der Waals surface area (Å²) in [5.74, 6) is -0.341. The van der Waals surface area contributed by atoms with Crippen LogP contribution in [0.2, 0.25) is 0 Å². The molecule has 0 fully saturated rings. The number of hydrogen-bond donors (Lipinski definition) is 1. The summed E-state index contributed by atoms with van der Waals surface area (Å²) < 4.78 is 3.22. The zero-order chi connectivity index (χ0) is 15.3. The first kappa shape index (κ1) is 13.5. The SMILES string of the molecule is Cc1ccc(-c2nc3sc4ccccc4n3c2CC(N)=O)s1. The third-order valence-electron chi connectivity index (χ3n) is 3.56. The summed E-state index contributed by atoms with van der Waals surface area (Å²) in [6.45, 7) is 2.07. The van der Waals surface area contributed by atoms with Crippen molar-refractivity contribution in [3.05, 3.63) is 47.0 Å². The van der Waals surface area contributed by atoms with E-state index < -0.39 is 0 Å². The molecule has 0 radical (unpaired) electrons. The molecule has 1 amide bonds. The van der Waals surface area contributed by atoms with Crippen LogP contribution < -0.4 is 5.73 Å². The van der Waals surface area contributed by atoms with E-state index in [2.05, 4.69) is 35.6 Å². The Hall–Kier alpha value is -2.18. The maximum atomic E-state index is 11.5. The molecule has 0 spiro atoms. The second-order valence-electron chi connectivity index (χ2n) is 5.15. The number of imidazole rings is 1. The minimum absolute atomic E-state index is 0.189. The molecule has 0 atom stereocenters. The van der Waals surface area contributed by atoms with Gasteiger partial charge in [-0.2, -0.15) is 0 Å². The lowest BCUT2D eigenvalue weighted by Crippen LogP contribution is -2.15. The van der Waals surface area contributed by atoms with Gasteiger partial charge in [-0.05, 0) is 31.2 Å². The van der Waals surface area contributed by atoms with Gasteiger partial charge in [0.05, 0.1) is 27.2 Å². The minimum Gasteiger partial charge on any atom is -0.369 e. The van der Waals surface area contributed by atoms with E-state index in [-0.39, 0.29) is 12.3 Å². The average molecular weight is 327 g/mol. The zero-order valence-corrected chi connectivity index (χ0v) is 13.5. The number of benzene rings is 1. The maximum Gasteiger partial charge on any atom is 0.223 e. The van der Waals surface area contributed by atoms with Gasteiger partial charge in [-0.15, -0.1) is 11.3 Å². The lowest BCUT2D eigenvalue weighted by molar-refractivity contribution is -0.117. The van der Waals surface area contributed by atoms with Crippen molar-refractivity contribution < 1.29 is 4.79 Å². The van der Waals surface area contributed by atoms with Crippen LogP contribution in [0.1, 0.15) is 10.6 Å². The maximum absolute atomic E-state index is 11.5. The van der Waals surface area contributed by atoms with Crippen LogP contribution in [-0.4, -0.2) is 15.3 Å². The van der Waals surface area contributed by atoms with Crippen LogP contribution in [0.4, 0.5) is 0 Å². The van der Waals surface area contributed by atoms with Crippen molar-refractivity contribution in [3.63, 3.8) is 0 Å². The molecular weight excluding hydrogens is 314 g/mol. The van der Waals surface area contributed by atoms with Gasteiger partial charge in [-0.1, -0.05) is 23.5 Å². The number of aromatic nitrogens is 2. The number of fused-ring (bicyclic) bond motifs is 3. The van der Waals surface area contributed by atoms with E-state index in [4.69, 9.17) is 10.7 Å². The monoisotopic (exact) mass is 327 g/mol. The number of carbonyl (C=O) groups is 1. The third kappa shape index (κ3) is 2.03. The molecule has 0 aliphatic rings. The summed E-state index contributed by atoms with van der Waals surface area (Å²) in [5.41, 5.74) is 8.29. The van der Waals surface area contributed by atoms with Gasteiger partial charge in [-0.25, -0.2) is 4.98 Å². The Morgan fingerprint density at radius 1 is 1.23 bits per heavy atom. The quantitative estimate of drug-likeness (QED) is 0.625. The van der Waals surface area contributed by atoms with Gasteiger partial charge in [0.2, 0.25) is 5.91 Å². The molecular formula is C16H13N3OS2. The molecule has 0 aliphatic carbocycles. The molecule has 4 aromatic rings. The highest BCUT2D eigenvalue weighted by atomic mass is 32.1. The fourth-order valence-electron chi connectivity index (χ4n) is 2.66. The van der Waals surface area contributed by atoms with Crippen LogP contribution in [0.25, 0.3) is 25.7 Å². The molecule has 3 aromatic heterocycles. The van der Waals surface area contributed by atoms with E-state index in [0.717, 1.165) is 31.4 Å². The fourth-order valence-corrected chi connectivity index (χ4v) is 4.59. The van der Waals surface area contributed by atoms with Crippen molar-refractivity contribution in [1.29, 1.82) is 0 Å². The molecule has 0 saturated carbocycles. The number of thiophene rings is 1. The van der Waals surface area contributed by atoms with E-state index in [1.807, 2.05) is 12.1 Å². The lowest BCUT2D eigenvalue weighted by atomic mass is 10.2. The smallest absolute Gasteiger partial charge is 0.223 e. The summed E-state index contributed by atoms with van der Waals surface area (Å²) in [7, 11) is 0. The molecule has 0 aliphatic heterocycles. The number of nitrogens with zero attached hydrogens (tertiary/aromatic N) is 2.